The normalized spacial score (nSPS) is 14.2. The number of nitrogens with one attached hydrogen (secondary N) is 2. The van der Waals surface area contributed by atoms with Crippen molar-refractivity contribution in [1.82, 2.24) is 10.3 Å². The highest BCUT2D eigenvalue weighted by Crippen LogP contribution is 2.28. The number of anilines is 1. The first kappa shape index (κ1) is 20.4. The first-order valence-corrected chi connectivity index (χ1v) is 9.64. The van der Waals surface area contributed by atoms with Crippen LogP contribution in [0.3, 0.4) is 0 Å². The topological polar surface area (TPSA) is 88.2 Å². The highest BCUT2D eigenvalue weighted by molar-refractivity contribution is 6.36. The number of carbonyl (C=O) groups excluding carboxylic acids is 3. The molecule has 8 heteroatoms. The van der Waals surface area contributed by atoms with Gasteiger partial charge in [-0.15, -0.1) is 0 Å². The molecule has 6 nitrogen and oxygen atoms in total. The van der Waals surface area contributed by atoms with Gasteiger partial charge >= 0.3 is 0 Å². The summed E-state index contributed by atoms with van der Waals surface area (Å²) in [5.74, 6) is -2.09. The number of hydrogen-bond donors (Lipinski definition) is 2. The summed E-state index contributed by atoms with van der Waals surface area (Å²) in [7, 11) is 0. The fraction of sp³-hybridized carbons (Fsp3) is 0.0435. The number of benzene rings is 2. The Kier molecular flexibility index (Phi) is 5.60. The molecule has 1 aliphatic heterocycles. The molecule has 0 fully saturated rings. The van der Waals surface area contributed by atoms with Crippen LogP contribution in [0.4, 0.5) is 10.1 Å². The summed E-state index contributed by atoms with van der Waals surface area (Å²) in [5.41, 5.74) is 1.93. The number of halogens is 2. The molecule has 0 saturated carbocycles. The molecule has 2 N–H and O–H groups in total. The summed E-state index contributed by atoms with van der Waals surface area (Å²) >= 11 is 5.78. The van der Waals surface area contributed by atoms with Gasteiger partial charge < -0.3 is 10.6 Å². The van der Waals surface area contributed by atoms with Crippen molar-refractivity contribution in [3.63, 3.8) is 0 Å². The van der Waals surface area contributed by atoms with E-state index in [0.717, 1.165) is 11.6 Å². The van der Waals surface area contributed by atoms with Crippen LogP contribution < -0.4 is 10.6 Å². The van der Waals surface area contributed by atoms with E-state index in [1.807, 2.05) is 0 Å². The van der Waals surface area contributed by atoms with Crippen LogP contribution >= 0.6 is 11.6 Å². The number of nitrogens with zero attached hydrogens (tertiary/aromatic N) is 1. The second kappa shape index (κ2) is 8.49. The Morgan fingerprint density at radius 2 is 1.87 bits per heavy atom. The van der Waals surface area contributed by atoms with Crippen LogP contribution in [-0.2, 0) is 11.3 Å². The Hall–Kier alpha value is -3.84. The maximum atomic E-state index is 13.4. The zero-order chi connectivity index (χ0) is 22.0. The molecular weight excluding hydrogens is 421 g/mol. The predicted molar refractivity (Wildman–Crippen MR) is 114 cm³/mol. The van der Waals surface area contributed by atoms with Crippen molar-refractivity contribution in [3.05, 3.63) is 99.6 Å². The summed E-state index contributed by atoms with van der Waals surface area (Å²) in [6, 6.07) is 11.9. The molecule has 0 atom stereocenters. The number of ketones is 1. The van der Waals surface area contributed by atoms with Crippen LogP contribution in [0, 0.1) is 5.82 Å². The van der Waals surface area contributed by atoms with E-state index in [1.165, 1.54) is 36.4 Å². The minimum atomic E-state index is -0.601. The van der Waals surface area contributed by atoms with E-state index in [-0.39, 0.29) is 27.6 Å². The van der Waals surface area contributed by atoms with Gasteiger partial charge in [0, 0.05) is 30.1 Å². The van der Waals surface area contributed by atoms with Crippen molar-refractivity contribution in [2.75, 3.05) is 5.32 Å². The SMILES string of the molecule is O=C1Nc2ccc(C(=O)NCc3ccncc3)cc2C(=O)C1=Cc1ccc(F)c(Cl)c1. The van der Waals surface area contributed by atoms with E-state index in [4.69, 9.17) is 11.6 Å². The third kappa shape index (κ3) is 4.36. The quantitative estimate of drug-likeness (QED) is 0.478. The molecule has 0 spiro atoms. The maximum absolute atomic E-state index is 13.4. The number of rotatable bonds is 4. The van der Waals surface area contributed by atoms with Gasteiger partial charge in [-0.3, -0.25) is 19.4 Å². The molecule has 0 aliphatic carbocycles. The van der Waals surface area contributed by atoms with Gasteiger partial charge in [0.1, 0.15) is 5.82 Å². The number of fused-ring (bicyclic) bond motifs is 1. The standard InChI is InChI=1S/C23H15ClFN3O3/c24-18-10-14(1-3-19(18)25)9-17-21(29)16-11-15(2-4-20(16)28-23(17)31)22(30)27-12-13-5-7-26-8-6-13/h1-11H,12H2,(H,27,30)(H,28,31). The zero-order valence-corrected chi connectivity index (χ0v) is 16.7. The van der Waals surface area contributed by atoms with E-state index in [1.54, 1.807) is 24.5 Å². The van der Waals surface area contributed by atoms with Crippen molar-refractivity contribution in [2.24, 2.45) is 0 Å². The highest BCUT2D eigenvalue weighted by atomic mass is 35.5. The number of Topliss-reactive ketones (excluding diaryl/α,β-unsaturated/α-hetero) is 1. The average Bonchev–Trinajstić information content (AvgIpc) is 2.78. The van der Waals surface area contributed by atoms with E-state index in [9.17, 15) is 18.8 Å². The Labute approximate surface area is 181 Å². The summed E-state index contributed by atoms with van der Waals surface area (Å²) in [5, 5.41) is 5.30. The summed E-state index contributed by atoms with van der Waals surface area (Å²) in [6.07, 6.45) is 4.59. The van der Waals surface area contributed by atoms with E-state index < -0.39 is 17.5 Å². The van der Waals surface area contributed by atoms with Gasteiger partial charge in [-0.25, -0.2) is 4.39 Å². The number of carbonyl (C=O) groups is 3. The molecule has 0 saturated heterocycles. The molecule has 2 heterocycles. The molecule has 4 rings (SSSR count). The molecular formula is C23H15ClFN3O3. The van der Waals surface area contributed by atoms with E-state index in [0.29, 0.717) is 17.8 Å². The fourth-order valence-electron chi connectivity index (χ4n) is 3.11. The van der Waals surface area contributed by atoms with Crippen LogP contribution in [0.25, 0.3) is 6.08 Å². The van der Waals surface area contributed by atoms with E-state index >= 15 is 0 Å². The van der Waals surface area contributed by atoms with Crippen LogP contribution in [0.2, 0.25) is 5.02 Å². The van der Waals surface area contributed by atoms with Crippen LogP contribution in [0.15, 0.2) is 66.5 Å². The summed E-state index contributed by atoms with van der Waals surface area (Å²) in [6.45, 7) is 0.305. The molecule has 1 aromatic heterocycles. The van der Waals surface area contributed by atoms with Crippen molar-refractivity contribution in [2.45, 2.75) is 6.54 Å². The summed E-state index contributed by atoms with van der Waals surface area (Å²) in [4.78, 5) is 41.8. The zero-order valence-electron chi connectivity index (χ0n) is 16.0. The van der Waals surface area contributed by atoms with Gasteiger partial charge in [0.05, 0.1) is 16.3 Å². The van der Waals surface area contributed by atoms with Crippen LogP contribution in [0.5, 0.6) is 0 Å². The highest BCUT2D eigenvalue weighted by Gasteiger charge is 2.29. The van der Waals surface area contributed by atoms with Crippen LogP contribution in [0.1, 0.15) is 31.8 Å². The minimum absolute atomic E-state index is 0.119. The fourth-order valence-corrected chi connectivity index (χ4v) is 3.29. The number of hydrogen-bond acceptors (Lipinski definition) is 4. The molecule has 31 heavy (non-hydrogen) atoms. The largest absolute Gasteiger partial charge is 0.348 e. The van der Waals surface area contributed by atoms with Crippen molar-refractivity contribution < 1.29 is 18.8 Å². The molecule has 2 aromatic carbocycles. The van der Waals surface area contributed by atoms with Gasteiger partial charge in [0.15, 0.2) is 0 Å². The van der Waals surface area contributed by atoms with Crippen LogP contribution in [-0.4, -0.2) is 22.6 Å². The second-order valence-electron chi connectivity index (χ2n) is 6.81. The summed E-state index contributed by atoms with van der Waals surface area (Å²) < 4.78 is 13.4. The number of pyridine rings is 1. The Bertz CT molecular complexity index is 1240. The third-order valence-electron chi connectivity index (χ3n) is 4.72. The molecule has 154 valence electrons. The molecule has 0 unspecified atom stereocenters. The lowest BCUT2D eigenvalue weighted by atomic mass is 9.93. The first-order chi connectivity index (χ1) is 14.9. The minimum Gasteiger partial charge on any atom is -0.348 e. The smallest absolute Gasteiger partial charge is 0.259 e. The Balaban J connectivity index is 1.59. The van der Waals surface area contributed by atoms with Gasteiger partial charge in [-0.2, -0.15) is 0 Å². The van der Waals surface area contributed by atoms with E-state index in [2.05, 4.69) is 15.6 Å². The predicted octanol–water partition coefficient (Wildman–Crippen LogP) is 4.02. The Morgan fingerprint density at radius 1 is 1.10 bits per heavy atom. The Morgan fingerprint density at radius 3 is 2.61 bits per heavy atom. The van der Waals surface area contributed by atoms with Gasteiger partial charge in [0.2, 0.25) is 5.78 Å². The molecule has 0 radical (unpaired) electrons. The van der Waals surface area contributed by atoms with Crippen molar-refractivity contribution in [1.29, 1.82) is 0 Å². The first-order valence-electron chi connectivity index (χ1n) is 9.26. The number of aromatic nitrogens is 1. The van der Waals surface area contributed by atoms with Gasteiger partial charge in [-0.05, 0) is 59.7 Å². The maximum Gasteiger partial charge on any atom is 0.259 e. The molecule has 1 aliphatic rings. The van der Waals surface area contributed by atoms with Crippen molar-refractivity contribution in [3.8, 4) is 0 Å². The van der Waals surface area contributed by atoms with Gasteiger partial charge in [0.25, 0.3) is 11.8 Å². The third-order valence-corrected chi connectivity index (χ3v) is 5.01. The lowest BCUT2D eigenvalue weighted by Gasteiger charge is -2.19. The molecule has 3 aromatic rings. The second-order valence-corrected chi connectivity index (χ2v) is 7.22. The monoisotopic (exact) mass is 435 g/mol. The lowest BCUT2D eigenvalue weighted by molar-refractivity contribution is -0.112. The lowest BCUT2D eigenvalue weighted by Crippen LogP contribution is -2.28. The van der Waals surface area contributed by atoms with Gasteiger partial charge in [-0.1, -0.05) is 17.7 Å². The average molecular weight is 436 g/mol. The molecule has 0 bridgehead atoms. The van der Waals surface area contributed by atoms with Crippen molar-refractivity contribution >= 4 is 41.0 Å². The number of amides is 2. The molecule has 2 amide bonds.